The van der Waals surface area contributed by atoms with Crippen LogP contribution in [0.4, 0.5) is 34.1 Å². The van der Waals surface area contributed by atoms with E-state index in [4.69, 9.17) is 0 Å². The van der Waals surface area contributed by atoms with Crippen molar-refractivity contribution in [1.29, 1.82) is 0 Å². The summed E-state index contributed by atoms with van der Waals surface area (Å²) in [5.41, 5.74) is 22.5. The Hall–Kier alpha value is -4.80. The molecule has 0 bridgehead atoms. The van der Waals surface area contributed by atoms with Crippen molar-refractivity contribution < 1.29 is 0 Å². The second kappa shape index (κ2) is 12.4. The summed E-state index contributed by atoms with van der Waals surface area (Å²) in [5.74, 6) is 0. The van der Waals surface area contributed by atoms with E-state index in [0.29, 0.717) is 0 Å². The van der Waals surface area contributed by atoms with Crippen LogP contribution in [0.3, 0.4) is 0 Å². The van der Waals surface area contributed by atoms with Gasteiger partial charge in [0.05, 0.1) is 10.4 Å². The summed E-state index contributed by atoms with van der Waals surface area (Å²) in [6, 6.07) is 38.9. The van der Waals surface area contributed by atoms with E-state index in [-0.39, 0.29) is 33.8 Å². The summed E-state index contributed by atoms with van der Waals surface area (Å²) < 4.78 is 2.69. The van der Waals surface area contributed by atoms with E-state index >= 15 is 0 Å². The van der Waals surface area contributed by atoms with Gasteiger partial charge in [0, 0.05) is 43.9 Å². The zero-order valence-electron chi connectivity index (χ0n) is 38.7. The van der Waals surface area contributed by atoms with Gasteiger partial charge in [-0.25, -0.2) is 0 Å². The molecule has 0 amide bonds. The molecule has 2 aliphatic carbocycles. The van der Waals surface area contributed by atoms with Gasteiger partial charge in [-0.1, -0.05) is 131 Å². The second-order valence-corrected chi connectivity index (χ2v) is 24.0. The third kappa shape index (κ3) is 5.52. The highest BCUT2D eigenvalue weighted by atomic mass is 32.1. The van der Waals surface area contributed by atoms with Crippen molar-refractivity contribution in [3.05, 3.63) is 136 Å². The van der Waals surface area contributed by atoms with Gasteiger partial charge in [0.25, 0.3) is 6.71 Å². The van der Waals surface area contributed by atoms with Gasteiger partial charge in [0.15, 0.2) is 0 Å². The summed E-state index contributed by atoms with van der Waals surface area (Å²) in [6.07, 6.45) is 3.53. The lowest BCUT2D eigenvalue weighted by Gasteiger charge is -2.46. The first-order valence-electron chi connectivity index (χ1n) is 22.8. The molecule has 1 aromatic heterocycles. The van der Waals surface area contributed by atoms with Gasteiger partial charge < -0.3 is 9.80 Å². The number of fused-ring (bicyclic) bond motifs is 9. The molecule has 0 unspecified atom stereocenters. The first-order chi connectivity index (χ1) is 28.7. The number of hydrogen-bond acceptors (Lipinski definition) is 3. The average molecular weight is 817 g/mol. The van der Waals surface area contributed by atoms with E-state index in [9.17, 15) is 0 Å². The molecule has 2 aliphatic heterocycles. The van der Waals surface area contributed by atoms with Crippen molar-refractivity contribution in [2.45, 2.75) is 136 Å². The van der Waals surface area contributed by atoms with Crippen LogP contribution in [-0.2, 0) is 27.1 Å². The van der Waals surface area contributed by atoms with Crippen LogP contribution in [0.15, 0.2) is 97.1 Å². The lowest BCUT2D eigenvalue weighted by molar-refractivity contribution is 0.332. The van der Waals surface area contributed by atoms with Gasteiger partial charge in [-0.05, 0) is 158 Å². The van der Waals surface area contributed by atoms with Crippen LogP contribution >= 0.6 is 11.3 Å². The molecule has 11 rings (SSSR count). The van der Waals surface area contributed by atoms with Crippen LogP contribution in [0, 0.1) is 13.8 Å². The molecule has 0 N–H and O–H groups in total. The Labute approximate surface area is 369 Å². The molecule has 7 aromatic rings. The second-order valence-electron chi connectivity index (χ2n) is 22.9. The fraction of sp³-hybridized carbons (Fsp3) is 0.368. The Bertz CT molecular complexity index is 3040. The van der Waals surface area contributed by atoms with Crippen molar-refractivity contribution in [2.75, 3.05) is 9.80 Å². The van der Waals surface area contributed by atoms with Gasteiger partial charge in [0.1, 0.15) is 0 Å². The van der Waals surface area contributed by atoms with Gasteiger partial charge in [-0.3, -0.25) is 0 Å². The summed E-state index contributed by atoms with van der Waals surface area (Å²) in [7, 11) is 0. The minimum absolute atomic E-state index is 0.00209. The molecular weight excluding hydrogens is 756 g/mol. The molecule has 61 heavy (non-hydrogen) atoms. The number of anilines is 6. The molecule has 308 valence electrons. The van der Waals surface area contributed by atoms with Crippen LogP contribution in [0.2, 0.25) is 0 Å². The summed E-state index contributed by atoms with van der Waals surface area (Å²) in [6.45, 7) is 31.6. The smallest absolute Gasteiger partial charge is 0.252 e. The molecule has 2 nitrogen and oxygen atoms in total. The summed E-state index contributed by atoms with van der Waals surface area (Å²) >= 11 is 1.94. The van der Waals surface area contributed by atoms with Crippen molar-refractivity contribution >= 4 is 88.7 Å². The molecule has 0 spiro atoms. The Morgan fingerprint density at radius 1 is 0.525 bits per heavy atom. The fourth-order valence-electron chi connectivity index (χ4n) is 12.4. The van der Waals surface area contributed by atoms with Crippen LogP contribution < -0.4 is 26.2 Å². The van der Waals surface area contributed by atoms with Crippen molar-refractivity contribution in [1.82, 2.24) is 0 Å². The van der Waals surface area contributed by atoms with E-state index in [1.54, 1.807) is 0 Å². The zero-order valence-corrected chi connectivity index (χ0v) is 39.6. The molecule has 0 radical (unpaired) electrons. The largest absolute Gasteiger partial charge is 0.311 e. The summed E-state index contributed by atoms with van der Waals surface area (Å²) in [4.78, 5) is 5.38. The lowest BCUT2D eigenvalue weighted by Crippen LogP contribution is -2.61. The number of nitrogens with zero attached hydrogens (tertiary/aromatic N) is 2. The maximum atomic E-state index is 2.69. The lowest BCUT2D eigenvalue weighted by atomic mass is 9.33. The zero-order chi connectivity index (χ0) is 42.9. The molecule has 4 aliphatic rings. The molecule has 0 fully saturated rings. The first kappa shape index (κ1) is 39.1. The third-order valence-electron chi connectivity index (χ3n) is 15.6. The fourth-order valence-corrected chi connectivity index (χ4v) is 13.6. The SMILES string of the molecule is Cc1cc2c3c(c1)N(c1cccc4c1sc1ccccc14)c1cc4c(cc1B3c1cc(C(C)(C)C)ccc1N2c1cc2c(cc1C)C(C)(C)CCC2(C)C)C(C)(C)CC4(C)C. The Morgan fingerprint density at radius 2 is 1.10 bits per heavy atom. The predicted molar refractivity (Wildman–Crippen MR) is 267 cm³/mol. The molecule has 3 heterocycles. The third-order valence-corrected chi connectivity index (χ3v) is 16.8. The number of rotatable bonds is 2. The molecule has 6 aromatic carbocycles. The van der Waals surface area contributed by atoms with Gasteiger partial charge in [-0.15, -0.1) is 11.3 Å². The Kier molecular flexibility index (Phi) is 7.97. The van der Waals surface area contributed by atoms with Crippen LogP contribution in [0.5, 0.6) is 0 Å². The monoisotopic (exact) mass is 816 g/mol. The van der Waals surface area contributed by atoms with E-state index in [2.05, 4.69) is 197 Å². The first-order valence-corrected chi connectivity index (χ1v) is 23.6. The number of benzene rings is 6. The number of aryl methyl sites for hydroxylation is 2. The molecular formula is C57H61BN2S. The highest BCUT2D eigenvalue weighted by molar-refractivity contribution is 7.26. The highest BCUT2D eigenvalue weighted by Crippen LogP contribution is 2.55. The van der Waals surface area contributed by atoms with Crippen molar-refractivity contribution in [2.24, 2.45) is 0 Å². The maximum absolute atomic E-state index is 2.69. The minimum atomic E-state index is -0.00209. The molecule has 0 saturated carbocycles. The van der Waals surface area contributed by atoms with Crippen LogP contribution in [0.1, 0.15) is 134 Å². The quantitative estimate of drug-likeness (QED) is 0.160. The van der Waals surface area contributed by atoms with Crippen LogP contribution in [0.25, 0.3) is 20.2 Å². The standard InChI is InChI=1S/C57H61BN2S/c1-33-25-48-51-49(26-33)60(45-19-16-18-37-36-17-14-15-20-50(36)61-52(37)45)47-31-41-39(56(10,11)32-57(41,12)13)29-43(47)58(51)42-28-35(53(3,4)5)21-22-44(42)59(48)46-30-40-38(27-34(46)2)54(6,7)23-24-55(40,8)9/h14-22,25-31H,23-24,32H2,1-13H3. The van der Waals surface area contributed by atoms with E-state index in [1.807, 2.05) is 11.3 Å². The molecule has 0 atom stereocenters. The number of thiophene rings is 1. The molecule has 4 heteroatoms. The Balaban J connectivity index is 1.28. The minimum Gasteiger partial charge on any atom is -0.311 e. The van der Waals surface area contributed by atoms with Crippen LogP contribution in [-0.4, -0.2) is 6.71 Å². The van der Waals surface area contributed by atoms with E-state index in [1.165, 1.54) is 122 Å². The van der Waals surface area contributed by atoms with E-state index in [0.717, 1.165) is 6.42 Å². The summed E-state index contributed by atoms with van der Waals surface area (Å²) in [5, 5.41) is 2.68. The van der Waals surface area contributed by atoms with Gasteiger partial charge in [-0.2, -0.15) is 0 Å². The topological polar surface area (TPSA) is 6.48 Å². The van der Waals surface area contributed by atoms with Gasteiger partial charge in [0.2, 0.25) is 0 Å². The molecule has 0 saturated heterocycles. The predicted octanol–water partition coefficient (Wildman–Crippen LogP) is 14.4. The maximum Gasteiger partial charge on any atom is 0.252 e. The average Bonchev–Trinajstić information content (AvgIpc) is 3.65. The van der Waals surface area contributed by atoms with Crippen molar-refractivity contribution in [3.63, 3.8) is 0 Å². The number of hydrogen-bond donors (Lipinski definition) is 0. The van der Waals surface area contributed by atoms with Gasteiger partial charge >= 0.3 is 0 Å². The highest BCUT2D eigenvalue weighted by Gasteiger charge is 2.49. The Morgan fingerprint density at radius 3 is 1.79 bits per heavy atom. The van der Waals surface area contributed by atoms with E-state index < -0.39 is 0 Å². The normalized spacial score (nSPS) is 18.8. The van der Waals surface area contributed by atoms with Crippen molar-refractivity contribution in [3.8, 4) is 0 Å².